The highest BCUT2D eigenvalue weighted by Gasteiger charge is 1.99. The minimum Gasteiger partial charge on any atom is -0.388 e. The van der Waals surface area contributed by atoms with Crippen LogP contribution in [0.3, 0.4) is 0 Å². The lowest BCUT2D eigenvalue weighted by atomic mass is 10.3. The van der Waals surface area contributed by atoms with Crippen molar-refractivity contribution in [2.75, 3.05) is 5.32 Å². The second-order valence-corrected chi connectivity index (χ2v) is 3.58. The maximum Gasteiger partial charge on any atom is 0.124 e. The standard InChI is InChI=1S/C10H10N4OS/c11-10(16)9-2-1-7(5-13-9)12-6-8-3-4-15-14-8/h1-5,12H,6H2,(H2,11,16). The number of nitrogens with zero attached hydrogens (tertiary/aromatic N) is 2. The van der Waals surface area contributed by atoms with Crippen LogP contribution in [-0.4, -0.2) is 15.1 Å². The molecule has 3 N–H and O–H groups in total. The van der Waals surface area contributed by atoms with Gasteiger partial charge in [0, 0.05) is 6.07 Å². The molecule has 5 nitrogen and oxygen atoms in total. The Morgan fingerprint density at radius 2 is 2.31 bits per heavy atom. The van der Waals surface area contributed by atoms with Crippen molar-refractivity contribution in [1.29, 1.82) is 0 Å². The van der Waals surface area contributed by atoms with E-state index in [1.54, 1.807) is 18.3 Å². The highest BCUT2D eigenvalue weighted by atomic mass is 32.1. The van der Waals surface area contributed by atoms with Crippen molar-refractivity contribution in [2.24, 2.45) is 5.73 Å². The van der Waals surface area contributed by atoms with Gasteiger partial charge in [-0.3, -0.25) is 4.98 Å². The molecule has 0 unspecified atom stereocenters. The van der Waals surface area contributed by atoms with Gasteiger partial charge in [-0.05, 0) is 12.1 Å². The molecule has 2 aromatic heterocycles. The van der Waals surface area contributed by atoms with Gasteiger partial charge in [0.1, 0.15) is 16.9 Å². The van der Waals surface area contributed by atoms with E-state index in [9.17, 15) is 0 Å². The molecule has 2 rings (SSSR count). The average molecular weight is 234 g/mol. The van der Waals surface area contributed by atoms with Gasteiger partial charge in [0.05, 0.1) is 24.1 Å². The first kappa shape index (κ1) is 10.6. The van der Waals surface area contributed by atoms with E-state index in [1.165, 1.54) is 6.26 Å². The van der Waals surface area contributed by atoms with Gasteiger partial charge in [0.2, 0.25) is 0 Å². The predicted molar refractivity (Wildman–Crippen MR) is 64.0 cm³/mol. The molecule has 16 heavy (non-hydrogen) atoms. The fourth-order valence-corrected chi connectivity index (χ4v) is 1.29. The summed E-state index contributed by atoms with van der Waals surface area (Å²) in [5.74, 6) is 0. The van der Waals surface area contributed by atoms with Crippen LogP contribution in [0.2, 0.25) is 0 Å². The molecule has 0 amide bonds. The highest BCUT2D eigenvalue weighted by Crippen LogP contribution is 2.07. The van der Waals surface area contributed by atoms with E-state index in [-0.39, 0.29) is 0 Å². The predicted octanol–water partition coefficient (Wildman–Crippen LogP) is 1.32. The number of rotatable bonds is 4. The van der Waals surface area contributed by atoms with Crippen molar-refractivity contribution in [3.05, 3.63) is 42.0 Å². The molecule has 0 aliphatic rings. The largest absolute Gasteiger partial charge is 0.388 e. The number of anilines is 1. The summed E-state index contributed by atoms with van der Waals surface area (Å²) in [5.41, 5.74) is 7.76. The van der Waals surface area contributed by atoms with Crippen LogP contribution in [0, 0.1) is 0 Å². The zero-order valence-corrected chi connectivity index (χ0v) is 9.20. The van der Waals surface area contributed by atoms with Crippen LogP contribution in [0.25, 0.3) is 0 Å². The molecule has 0 saturated carbocycles. The smallest absolute Gasteiger partial charge is 0.124 e. The molecule has 2 heterocycles. The summed E-state index contributed by atoms with van der Waals surface area (Å²) in [7, 11) is 0. The van der Waals surface area contributed by atoms with Crippen LogP contribution in [0.5, 0.6) is 0 Å². The Balaban J connectivity index is 1.98. The van der Waals surface area contributed by atoms with E-state index < -0.39 is 0 Å². The number of nitrogens with one attached hydrogen (secondary N) is 1. The Labute approximate surface area is 97.7 Å². The number of nitrogens with two attached hydrogens (primary N) is 1. The van der Waals surface area contributed by atoms with Gasteiger partial charge in [-0.25, -0.2) is 0 Å². The molecule has 82 valence electrons. The minimum absolute atomic E-state index is 0.294. The Kier molecular flexibility index (Phi) is 3.11. The van der Waals surface area contributed by atoms with E-state index in [0.29, 0.717) is 17.2 Å². The molecule has 0 radical (unpaired) electrons. The lowest BCUT2D eigenvalue weighted by molar-refractivity contribution is 0.412. The van der Waals surface area contributed by atoms with Gasteiger partial charge >= 0.3 is 0 Å². The van der Waals surface area contributed by atoms with Crippen LogP contribution in [0.4, 0.5) is 5.69 Å². The zero-order chi connectivity index (χ0) is 11.4. The minimum atomic E-state index is 0.294. The third-order valence-electron chi connectivity index (χ3n) is 1.98. The lowest BCUT2D eigenvalue weighted by Crippen LogP contribution is -2.11. The van der Waals surface area contributed by atoms with Gasteiger partial charge in [-0.1, -0.05) is 17.4 Å². The quantitative estimate of drug-likeness (QED) is 0.777. The van der Waals surface area contributed by atoms with E-state index >= 15 is 0 Å². The Morgan fingerprint density at radius 1 is 1.44 bits per heavy atom. The van der Waals surface area contributed by atoms with Crippen LogP contribution < -0.4 is 11.1 Å². The molecule has 0 spiro atoms. The van der Waals surface area contributed by atoms with Crippen LogP contribution >= 0.6 is 12.2 Å². The van der Waals surface area contributed by atoms with Gasteiger partial charge in [-0.15, -0.1) is 0 Å². The summed E-state index contributed by atoms with van der Waals surface area (Å²) in [5, 5.41) is 6.92. The Bertz CT molecular complexity index is 466. The SMILES string of the molecule is NC(=S)c1ccc(NCc2ccon2)cn1. The average Bonchev–Trinajstić information content (AvgIpc) is 2.80. The molecule has 0 saturated heterocycles. The second kappa shape index (κ2) is 4.71. The summed E-state index contributed by atoms with van der Waals surface area (Å²) in [6, 6.07) is 5.43. The molecular weight excluding hydrogens is 224 g/mol. The van der Waals surface area contributed by atoms with Gasteiger partial charge in [0.15, 0.2) is 0 Å². The van der Waals surface area contributed by atoms with Gasteiger partial charge in [-0.2, -0.15) is 0 Å². The van der Waals surface area contributed by atoms with Crippen molar-refractivity contribution in [2.45, 2.75) is 6.54 Å². The molecule has 0 aliphatic carbocycles. The third kappa shape index (κ3) is 2.54. The first-order valence-corrected chi connectivity index (χ1v) is 5.05. The molecular formula is C10H10N4OS. The van der Waals surface area contributed by atoms with Crippen molar-refractivity contribution < 1.29 is 4.52 Å². The number of thiocarbonyl (C=S) groups is 1. The maximum absolute atomic E-state index is 5.44. The normalized spacial score (nSPS) is 10.0. The van der Waals surface area contributed by atoms with E-state index in [2.05, 4.69) is 15.5 Å². The Morgan fingerprint density at radius 3 is 2.88 bits per heavy atom. The lowest BCUT2D eigenvalue weighted by Gasteiger charge is -2.04. The van der Waals surface area contributed by atoms with Crippen molar-refractivity contribution in [1.82, 2.24) is 10.1 Å². The topological polar surface area (TPSA) is 77.0 Å². The monoisotopic (exact) mass is 234 g/mol. The van der Waals surface area contributed by atoms with Gasteiger partial charge in [0.25, 0.3) is 0 Å². The number of hydrogen-bond acceptors (Lipinski definition) is 5. The summed E-state index contributed by atoms with van der Waals surface area (Å²) >= 11 is 4.81. The van der Waals surface area contributed by atoms with Crippen molar-refractivity contribution >= 4 is 22.9 Å². The van der Waals surface area contributed by atoms with Crippen molar-refractivity contribution in [3.63, 3.8) is 0 Å². The summed E-state index contributed by atoms with van der Waals surface area (Å²) in [4.78, 5) is 4.40. The third-order valence-corrected chi connectivity index (χ3v) is 2.19. The number of aromatic nitrogens is 2. The summed E-state index contributed by atoms with van der Waals surface area (Å²) < 4.78 is 4.71. The molecule has 0 fully saturated rings. The molecule has 2 aromatic rings. The molecule has 6 heteroatoms. The first-order chi connectivity index (χ1) is 7.75. The number of pyridine rings is 1. The highest BCUT2D eigenvalue weighted by molar-refractivity contribution is 7.80. The molecule has 0 atom stereocenters. The fourth-order valence-electron chi connectivity index (χ4n) is 1.17. The van der Waals surface area contributed by atoms with E-state index in [4.69, 9.17) is 22.5 Å². The molecule has 0 aliphatic heterocycles. The van der Waals surface area contributed by atoms with Crippen molar-refractivity contribution in [3.8, 4) is 0 Å². The van der Waals surface area contributed by atoms with Gasteiger partial charge < -0.3 is 15.6 Å². The maximum atomic E-state index is 5.44. The summed E-state index contributed by atoms with van der Waals surface area (Å²) in [6.45, 7) is 0.588. The molecule has 0 aromatic carbocycles. The van der Waals surface area contributed by atoms with Crippen LogP contribution in [0.1, 0.15) is 11.4 Å². The molecule has 0 bridgehead atoms. The van der Waals surface area contributed by atoms with E-state index in [0.717, 1.165) is 11.4 Å². The number of hydrogen-bond donors (Lipinski definition) is 2. The summed E-state index contributed by atoms with van der Waals surface area (Å²) in [6.07, 6.45) is 3.21. The van der Waals surface area contributed by atoms with Crippen LogP contribution in [-0.2, 0) is 6.54 Å². The fraction of sp³-hybridized carbons (Fsp3) is 0.100. The second-order valence-electron chi connectivity index (χ2n) is 3.14. The van der Waals surface area contributed by atoms with E-state index in [1.807, 2.05) is 6.07 Å². The Hall–Kier alpha value is -1.95. The van der Waals surface area contributed by atoms with Crippen LogP contribution in [0.15, 0.2) is 35.2 Å². The zero-order valence-electron chi connectivity index (χ0n) is 8.38. The first-order valence-electron chi connectivity index (χ1n) is 4.64.